The summed E-state index contributed by atoms with van der Waals surface area (Å²) in [6, 6.07) is 0.725. The Labute approximate surface area is 141 Å². The minimum absolute atomic E-state index is 0.169. The zero-order chi connectivity index (χ0) is 17.0. The van der Waals surface area contributed by atoms with Crippen molar-refractivity contribution in [1.29, 1.82) is 0 Å². The van der Waals surface area contributed by atoms with E-state index in [-0.39, 0.29) is 12.1 Å². The fraction of sp³-hybridized carbons (Fsp3) is 0.944. The molecule has 0 bridgehead atoms. The molecule has 5 heteroatoms. The Morgan fingerprint density at radius 1 is 1.22 bits per heavy atom. The van der Waals surface area contributed by atoms with Gasteiger partial charge < -0.3 is 19.7 Å². The average molecular weight is 326 g/mol. The SMILES string of the molecule is CC1CC(NCC2CCCCN2C(=O)OC(C)(C)C)CC(C)O1. The molecule has 3 unspecified atom stereocenters. The summed E-state index contributed by atoms with van der Waals surface area (Å²) in [7, 11) is 0. The van der Waals surface area contributed by atoms with Crippen molar-refractivity contribution in [1.82, 2.24) is 10.2 Å². The minimum Gasteiger partial charge on any atom is -0.444 e. The predicted octanol–water partition coefficient (Wildman–Crippen LogP) is 3.32. The van der Waals surface area contributed by atoms with Crippen LogP contribution in [-0.2, 0) is 9.47 Å². The smallest absolute Gasteiger partial charge is 0.410 e. The van der Waals surface area contributed by atoms with Gasteiger partial charge in [-0.3, -0.25) is 0 Å². The molecule has 5 nitrogen and oxygen atoms in total. The second-order valence-corrected chi connectivity index (χ2v) is 8.16. The Morgan fingerprint density at radius 2 is 1.87 bits per heavy atom. The van der Waals surface area contributed by atoms with Gasteiger partial charge in [0.15, 0.2) is 0 Å². The van der Waals surface area contributed by atoms with Crippen molar-refractivity contribution in [3.63, 3.8) is 0 Å². The molecule has 0 aliphatic carbocycles. The molecule has 0 radical (unpaired) electrons. The summed E-state index contributed by atoms with van der Waals surface area (Å²) >= 11 is 0. The van der Waals surface area contributed by atoms with Gasteiger partial charge in [-0.15, -0.1) is 0 Å². The second kappa shape index (κ2) is 7.84. The van der Waals surface area contributed by atoms with Gasteiger partial charge in [-0.25, -0.2) is 4.79 Å². The van der Waals surface area contributed by atoms with Crippen LogP contribution in [0, 0.1) is 0 Å². The first-order valence-electron chi connectivity index (χ1n) is 9.13. The predicted molar refractivity (Wildman–Crippen MR) is 91.6 cm³/mol. The Hall–Kier alpha value is -0.810. The Bertz CT molecular complexity index is 384. The van der Waals surface area contributed by atoms with Crippen molar-refractivity contribution in [2.45, 2.75) is 96.6 Å². The van der Waals surface area contributed by atoms with Gasteiger partial charge in [-0.1, -0.05) is 0 Å². The van der Waals surface area contributed by atoms with Crippen LogP contribution in [0.2, 0.25) is 0 Å². The Kier molecular flexibility index (Phi) is 6.32. The largest absolute Gasteiger partial charge is 0.444 e. The number of piperidine rings is 1. The van der Waals surface area contributed by atoms with E-state index in [0.29, 0.717) is 18.2 Å². The highest BCUT2D eigenvalue weighted by Crippen LogP contribution is 2.22. The molecule has 1 N–H and O–H groups in total. The van der Waals surface area contributed by atoms with Gasteiger partial charge in [0, 0.05) is 25.2 Å². The number of hydrogen-bond acceptors (Lipinski definition) is 4. The highest BCUT2D eigenvalue weighted by Gasteiger charge is 2.31. The summed E-state index contributed by atoms with van der Waals surface area (Å²) < 4.78 is 11.4. The monoisotopic (exact) mass is 326 g/mol. The van der Waals surface area contributed by atoms with Gasteiger partial charge in [-0.2, -0.15) is 0 Å². The van der Waals surface area contributed by atoms with Crippen molar-refractivity contribution in [3.05, 3.63) is 0 Å². The van der Waals surface area contributed by atoms with E-state index in [1.165, 1.54) is 6.42 Å². The van der Waals surface area contributed by atoms with E-state index in [4.69, 9.17) is 9.47 Å². The van der Waals surface area contributed by atoms with E-state index < -0.39 is 5.60 Å². The number of nitrogens with one attached hydrogen (secondary N) is 1. The average Bonchev–Trinajstić information content (AvgIpc) is 2.42. The van der Waals surface area contributed by atoms with E-state index in [1.54, 1.807) is 0 Å². The summed E-state index contributed by atoms with van der Waals surface area (Å²) in [4.78, 5) is 14.4. The van der Waals surface area contributed by atoms with Crippen LogP contribution >= 0.6 is 0 Å². The number of nitrogens with zero attached hydrogens (tertiary/aromatic N) is 1. The van der Waals surface area contributed by atoms with Crippen LogP contribution in [0.4, 0.5) is 4.79 Å². The lowest BCUT2D eigenvalue weighted by atomic mass is 9.98. The first kappa shape index (κ1) is 18.5. The summed E-state index contributed by atoms with van der Waals surface area (Å²) in [5.41, 5.74) is -0.432. The van der Waals surface area contributed by atoms with Crippen LogP contribution in [0.5, 0.6) is 0 Å². The molecule has 0 spiro atoms. The first-order chi connectivity index (χ1) is 10.7. The van der Waals surface area contributed by atoms with E-state index in [0.717, 1.165) is 38.8 Å². The quantitative estimate of drug-likeness (QED) is 0.864. The Morgan fingerprint density at radius 3 is 2.48 bits per heavy atom. The molecule has 2 aliphatic rings. The molecule has 2 heterocycles. The van der Waals surface area contributed by atoms with Crippen molar-refractivity contribution in [3.8, 4) is 0 Å². The number of hydrogen-bond donors (Lipinski definition) is 1. The van der Waals surface area contributed by atoms with Crippen molar-refractivity contribution >= 4 is 6.09 Å². The molecule has 2 aliphatic heterocycles. The summed E-state index contributed by atoms with van der Waals surface area (Å²) in [5, 5.41) is 3.67. The lowest BCUT2D eigenvalue weighted by molar-refractivity contribution is -0.0435. The van der Waals surface area contributed by atoms with Crippen molar-refractivity contribution in [2.75, 3.05) is 13.1 Å². The highest BCUT2D eigenvalue weighted by atomic mass is 16.6. The number of likely N-dealkylation sites (tertiary alicyclic amines) is 1. The van der Waals surface area contributed by atoms with Gasteiger partial charge in [0.2, 0.25) is 0 Å². The highest BCUT2D eigenvalue weighted by molar-refractivity contribution is 5.68. The molecule has 0 aromatic heterocycles. The third-order valence-electron chi connectivity index (χ3n) is 4.59. The van der Waals surface area contributed by atoms with E-state index in [9.17, 15) is 4.79 Å². The van der Waals surface area contributed by atoms with Gasteiger partial charge in [0.05, 0.1) is 12.2 Å². The van der Waals surface area contributed by atoms with Crippen LogP contribution < -0.4 is 5.32 Å². The molecule has 3 atom stereocenters. The van der Waals surface area contributed by atoms with Crippen LogP contribution in [-0.4, -0.2) is 54.0 Å². The number of amides is 1. The maximum Gasteiger partial charge on any atom is 0.410 e. The second-order valence-electron chi connectivity index (χ2n) is 8.16. The minimum atomic E-state index is -0.432. The van der Waals surface area contributed by atoms with E-state index >= 15 is 0 Å². The number of ether oxygens (including phenoxy) is 2. The number of carbonyl (C=O) groups is 1. The molecule has 0 saturated carbocycles. The molecular formula is C18H34N2O3. The molecule has 134 valence electrons. The maximum atomic E-state index is 12.4. The standard InChI is InChI=1S/C18H34N2O3/c1-13-10-15(11-14(2)22-13)19-12-16-8-6-7-9-20(16)17(21)23-18(3,4)5/h13-16,19H,6-12H2,1-5H3. The zero-order valence-corrected chi connectivity index (χ0v) is 15.4. The fourth-order valence-electron chi connectivity index (χ4n) is 3.65. The molecule has 0 aromatic carbocycles. The van der Waals surface area contributed by atoms with Crippen LogP contribution in [0.1, 0.15) is 66.7 Å². The molecular weight excluding hydrogens is 292 g/mol. The van der Waals surface area contributed by atoms with Crippen LogP contribution in [0.15, 0.2) is 0 Å². The molecule has 23 heavy (non-hydrogen) atoms. The zero-order valence-electron chi connectivity index (χ0n) is 15.4. The molecule has 1 amide bonds. The summed E-state index contributed by atoms with van der Waals surface area (Å²) in [5.74, 6) is 0. The number of carbonyl (C=O) groups excluding carboxylic acids is 1. The first-order valence-corrected chi connectivity index (χ1v) is 9.13. The Balaban J connectivity index is 1.87. The van der Waals surface area contributed by atoms with E-state index in [2.05, 4.69) is 19.2 Å². The molecule has 2 saturated heterocycles. The normalized spacial score (nSPS) is 32.7. The van der Waals surface area contributed by atoms with Crippen molar-refractivity contribution in [2.24, 2.45) is 0 Å². The molecule has 2 rings (SSSR count). The van der Waals surface area contributed by atoms with E-state index in [1.807, 2.05) is 25.7 Å². The van der Waals surface area contributed by atoms with Crippen LogP contribution in [0.3, 0.4) is 0 Å². The maximum absolute atomic E-state index is 12.4. The van der Waals surface area contributed by atoms with Crippen LogP contribution in [0.25, 0.3) is 0 Å². The third kappa shape index (κ3) is 5.96. The number of rotatable bonds is 3. The third-order valence-corrected chi connectivity index (χ3v) is 4.59. The lowest BCUT2D eigenvalue weighted by Gasteiger charge is -2.39. The molecule has 2 fully saturated rings. The summed E-state index contributed by atoms with van der Waals surface area (Å²) in [6.45, 7) is 11.7. The van der Waals surface area contributed by atoms with Gasteiger partial charge in [0.25, 0.3) is 0 Å². The van der Waals surface area contributed by atoms with Crippen molar-refractivity contribution < 1.29 is 14.3 Å². The van der Waals surface area contributed by atoms with Gasteiger partial charge >= 0.3 is 6.09 Å². The van der Waals surface area contributed by atoms with Gasteiger partial charge in [0.1, 0.15) is 5.60 Å². The lowest BCUT2D eigenvalue weighted by Crippen LogP contribution is -2.52. The fourth-order valence-corrected chi connectivity index (χ4v) is 3.65. The molecule has 0 aromatic rings. The van der Waals surface area contributed by atoms with Gasteiger partial charge in [-0.05, 0) is 66.7 Å². The summed E-state index contributed by atoms with van der Waals surface area (Å²) in [6.07, 6.45) is 5.85. The topological polar surface area (TPSA) is 50.8 Å².